The standard InChI is InChI=1S/C22H40/c1-3-5-7-19-8-10-20(11-9-19)22-16-13-21(14-17-22,15-18-22)12-6-4-2/h19-20H,3-18H2,1-2H3. The van der Waals surface area contributed by atoms with Gasteiger partial charge in [-0.05, 0) is 80.5 Å². The second kappa shape index (κ2) is 7.27. The lowest BCUT2D eigenvalue weighted by atomic mass is 9.47. The molecule has 0 radical (unpaired) electrons. The molecule has 0 saturated heterocycles. The highest BCUT2D eigenvalue weighted by Crippen LogP contribution is 2.63. The van der Waals surface area contributed by atoms with Crippen LogP contribution >= 0.6 is 0 Å². The third-order valence-electron chi connectivity index (χ3n) is 8.20. The van der Waals surface area contributed by atoms with Gasteiger partial charge >= 0.3 is 0 Å². The summed E-state index contributed by atoms with van der Waals surface area (Å²) in [6.45, 7) is 4.71. The monoisotopic (exact) mass is 304 g/mol. The molecule has 0 nitrogen and oxygen atoms in total. The molecular formula is C22H40. The van der Waals surface area contributed by atoms with Gasteiger partial charge in [0.2, 0.25) is 0 Å². The number of fused-ring (bicyclic) bond motifs is 3. The normalized spacial score (nSPS) is 41.7. The Balaban J connectivity index is 1.50. The zero-order valence-electron chi connectivity index (χ0n) is 15.5. The van der Waals surface area contributed by atoms with E-state index in [-0.39, 0.29) is 0 Å². The van der Waals surface area contributed by atoms with Crippen molar-refractivity contribution in [2.75, 3.05) is 0 Å². The van der Waals surface area contributed by atoms with Gasteiger partial charge in [-0.3, -0.25) is 0 Å². The quantitative estimate of drug-likeness (QED) is 0.456. The fraction of sp³-hybridized carbons (Fsp3) is 1.00. The second-order valence-electron chi connectivity index (χ2n) is 9.33. The lowest BCUT2D eigenvalue weighted by Gasteiger charge is -2.58. The second-order valence-corrected chi connectivity index (χ2v) is 9.33. The first-order valence-corrected chi connectivity index (χ1v) is 10.7. The fourth-order valence-electron chi connectivity index (χ4n) is 6.39. The van der Waals surface area contributed by atoms with E-state index in [1.165, 1.54) is 32.1 Å². The maximum Gasteiger partial charge on any atom is -0.0269 e. The summed E-state index contributed by atoms with van der Waals surface area (Å²) < 4.78 is 0. The molecule has 0 aromatic heterocycles. The van der Waals surface area contributed by atoms with Crippen molar-refractivity contribution in [1.82, 2.24) is 0 Å². The summed E-state index contributed by atoms with van der Waals surface area (Å²) in [5, 5.41) is 0. The molecule has 0 unspecified atom stereocenters. The minimum atomic E-state index is 0.802. The molecule has 0 heteroatoms. The highest BCUT2D eigenvalue weighted by atomic mass is 14.6. The number of unbranched alkanes of at least 4 members (excludes halogenated alkanes) is 2. The summed E-state index contributed by atoms with van der Waals surface area (Å²) in [4.78, 5) is 0. The van der Waals surface area contributed by atoms with Gasteiger partial charge in [0.15, 0.2) is 0 Å². The van der Waals surface area contributed by atoms with Crippen molar-refractivity contribution < 1.29 is 0 Å². The molecule has 0 aliphatic heterocycles. The Labute approximate surface area is 139 Å². The van der Waals surface area contributed by atoms with E-state index in [0.717, 1.165) is 22.7 Å². The van der Waals surface area contributed by atoms with Crippen LogP contribution in [0.3, 0.4) is 0 Å². The van der Waals surface area contributed by atoms with Crippen LogP contribution < -0.4 is 0 Å². The van der Waals surface area contributed by atoms with Crippen molar-refractivity contribution in [2.45, 2.75) is 117 Å². The van der Waals surface area contributed by atoms with Crippen LogP contribution in [0.5, 0.6) is 0 Å². The third kappa shape index (κ3) is 3.41. The highest BCUT2D eigenvalue weighted by molar-refractivity contribution is 5.02. The summed E-state index contributed by atoms with van der Waals surface area (Å²) in [6.07, 6.45) is 24.7. The molecule has 0 N–H and O–H groups in total. The van der Waals surface area contributed by atoms with Crippen LogP contribution in [0.15, 0.2) is 0 Å². The van der Waals surface area contributed by atoms with E-state index in [2.05, 4.69) is 13.8 Å². The molecule has 0 spiro atoms. The van der Waals surface area contributed by atoms with Crippen molar-refractivity contribution in [1.29, 1.82) is 0 Å². The van der Waals surface area contributed by atoms with Gasteiger partial charge in [-0.2, -0.15) is 0 Å². The maximum atomic E-state index is 2.36. The summed E-state index contributed by atoms with van der Waals surface area (Å²) >= 11 is 0. The van der Waals surface area contributed by atoms with Gasteiger partial charge < -0.3 is 0 Å². The van der Waals surface area contributed by atoms with Crippen LogP contribution in [-0.2, 0) is 0 Å². The van der Waals surface area contributed by atoms with Gasteiger partial charge in [0.05, 0.1) is 0 Å². The Morgan fingerprint density at radius 3 is 1.86 bits per heavy atom. The molecule has 4 rings (SSSR count). The zero-order chi connectivity index (χ0) is 15.5. The molecule has 4 aliphatic rings. The lowest BCUT2D eigenvalue weighted by molar-refractivity contribution is -0.0653. The largest absolute Gasteiger partial charge is 0.0654 e. The highest BCUT2D eigenvalue weighted by Gasteiger charge is 2.51. The molecule has 4 aliphatic carbocycles. The van der Waals surface area contributed by atoms with Gasteiger partial charge in [-0.15, -0.1) is 0 Å². The molecule has 0 aromatic rings. The van der Waals surface area contributed by atoms with Gasteiger partial charge in [0.1, 0.15) is 0 Å². The molecule has 22 heavy (non-hydrogen) atoms. The lowest BCUT2D eigenvalue weighted by Crippen LogP contribution is -2.46. The van der Waals surface area contributed by atoms with Crippen LogP contribution in [0.2, 0.25) is 0 Å². The van der Waals surface area contributed by atoms with Crippen LogP contribution in [-0.4, -0.2) is 0 Å². The van der Waals surface area contributed by atoms with E-state index < -0.39 is 0 Å². The topological polar surface area (TPSA) is 0 Å². The molecule has 0 amide bonds. The Bertz CT molecular complexity index is 309. The Hall–Kier alpha value is 0. The van der Waals surface area contributed by atoms with Gasteiger partial charge in [-0.25, -0.2) is 0 Å². The number of hydrogen-bond donors (Lipinski definition) is 0. The minimum Gasteiger partial charge on any atom is -0.0654 e. The average molecular weight is 305 g/mol. The first kappa shape index (κ1) is 16.8. The SMILES string of the molecule is CCCCC1CCC(C23CCC(CCCC)(CC2)CC3)CC1. The maximum absolute atomic E-state index is 2.36. The first-order chi connectivity index (χ1) is 10.7. The molecule has 2 bridgehead atoms. The van der Waals surface area contributed by atoms with Crippen LogP contribution in [0.1, 0.15) is 117 Å². The summed E-state index contributed by atoms with van der Waals surface area (Å²) in [7, 11) is 0. The predicted octanol–water partition coefficient (Wildman–Crippen LogP) is 7.51. The minimum absolute atomic E-state index is 0.802. The third-order valence-corrected chi connectivity index (χ3v) is 8.20. The van der Waals surface area contributed by atoms with E-state index in [0.29, 0.717) is 0 Å². The molecule has 0 aromatic carbocycles. The van der Waals surface area contributed by atoms with Crippen molar-refractivity contribution in [2.24, 2.45) is 22.7 Å². The predicted molar refractivity (Wildman–Crippen MR) is 97.1 cm³/mol. The Kier molecular flexibility index (Phi) is 5.56. The molecule has 4 fully saturated rings. The van der Waals surface area contributed by atoms with E-state index in [4.69, 9.17) is 0 Å². The van der Waals surface area contributed by atoms with E-state index in [1.54, 1.807) is 70.6 Å². The molecular weight excluding hydrogens is 264 g/mol. The van der Waals surface area contributed by atoms with Crippen LogP contribution in [0, 0.1) is 22.7 Å². The number of rotatable bonds is 7. The van der Waals surface area contributed by atoms with E-state index in [9.17, 15) is 0 Å². The Morgan fingerprint density at radius 1 is 0.727 bits per heavy atom. The Morgan fingerprint density at radius 2 is 1.32 bits per heavy atom. The molecule has 4 saturated carbocycles. The van der Waals surface area contributed by atoms with Gasteiger partial charge in [0.25, 0.3) is 0 Å². The van der Waals surface area contributed by atoms with E-state index >= 15 is 0 Å². The van der Waals surface area contributed by atoms with Gasteiger partial charge in [0, 0.05) is 0 Å². The van der Waals surface area contributed by atoms with Crippen LogP contribution in [0.25, 0.3) is 0 Å². The summed E-state index contributed by atoms with van der Waals surface area (Å²) in [5.41, 5.74) is 1.61. The fourth-order valence-corrected chi connectivity index (χ4v) is 6.39. The van der Waals surface area contributed by atoms with Crippen molar-refractivity contribution >= 4 is 0 Å². The number of hydrogen-bond acceptors (Lipinski definition) is 0. The zero-order valence-corrected chi connectivity index (χ0v) is 15.5. The molecule has 0 heterocycles. The molecule has 128 valence electrons. The molecule has 0 atom stereocenters. The summed E-state index contributed by atoms with van der Waals surface area (Å²) in [6, 6.07) is 0. The summed E-state index contributed by atoms with van der Waals surface area (Å²) in [5.74, 6) is 2.19. The smallest absolute Gasteiger partial charge is 0.0269 e. The van der Waals surface area contributed by atoms with Crippen molar-refractivity contribution in [3.63, 3.8) is 0 Å². The van der Waals surface area contributed by atoms with Gasteiger partial charge in [-0.1, -0.05) is 58.8 Å². The first-order valence-electron chi connectivity index (χ1n) is 10.7. The average Bonchev–Trinajstić information content (AvgIpc) is 2.60. The van der Waals surface area contributed by atoms with E-state index in [1.807, 2.05) is 0 Å². The van der Waals surface area contributed by atoms with Crippen molar-refractivity contribution in [3.05, 3.63) is 0 Å². The van der Waals surface area contributed by atoms with Crippen LogP contribution in [0.4, 0.5) is 0 Å². The van der Waals surface area contributed by atoms with Crippen molar-refractivity contribution in [3.8, 4) is 0 Å².